The number of carbonyl (C=O) groups excluding carboxylic acids is 2. The van der Waals surface area contributed by atoms with Crippen LogP contribution < -0.4 is 0 Å². The number of rotatable bonds is 16. The van der Waals surface area contributed by atoms with E-state index in [1.165, 1.54) is 31.4 Å². The molecule has 0 bridgehead atoms. The Hall–Kier alpha value is -2.29. The molecule has 6 nitrogen and oxygen atoms in total. The van der Waals surface area contributed by atoms with Gasteiger partial charge >= 0.3 is 0 Å². The molecule has 0 unspecified atom stereocenters. The number of carbonyl (C=O) groups is 2. The van der Waals surface area contributed by atoms with Crippen molar-refractivity contribution in [2.24, 2.45) is 0 Å². The smallest absolute Gasteiger partial charge is 0.242 e. The van der Waals surface area contributed by atoms with Gasteiger partial charge in [-0.15, -0.1) is 11.3 Å². The Labute approximate surface area is 225 Å². The summed E-state index contributed by atoms with van der Waals surface area (Å²) in [7, 11) is 0. The predicted octanol–water partition coefficient (Wildman–Crippen LogP) is 5.33. The highest BCUT2D eigenvalue weighted by molar-refractivity contribution is 7.09. The summed E-state index contributed by atoms with van der Waals surface area (Å²) in [5.74, 6) is -0.333. The molecule has 2 amide bonds. The minimum absolute atomic E-state index is 0.0509. The summed E-state index contributed by atoms with van der Waals surface area (Å²) in [5, 5.41) is 1.99. The summed E-state index contributed by atoms with van der Waals surface area (Å²) in [6.45, 7) is 7.48. The quantitative estimate of drug-likeness (QED) is 0.275. The topological polar surface area (TPSA) is 53.1 Å². The fourth-order valence-corrected chi connectivity index (χ4v) is 5.21. The van der Waals surface area contributed by atoms with Crippen LogP contribution in [0.5, 0.6) is 0 Å². The fourth-order valence-electron chi connectivity index (χ4n) is 4.49. The van der Waals surface area contributed by atoms with Crippen molar-refractivity contribution in [3.8, 4) is 0 Å². The largest absolute Gasteiger partial charge is 0.379 e. The summed E-state index contributed by atoms with van der Waals surface area (Å²) in [6, 6.07) is 10.2. The first-order valence-electron chi connectivity index (χ1n) is 13.7. The predicted molar refractivity (Wildman–Crippen MR) is 147 cm³/mol. The van der Waals surface area contributed by atoms with Gasteiger partial charge in [-0.1, -0.05) is 57.2 Å². The van der Waals surface area contributed by atoms with Gasteiger partial charge in [-0.05, 0) is 35.6 Å². The Bertz CT molecular complexity index is 917. The van der Waals surface area contributed by atoms with Gasteiger partial charge in [0.15, 0.2) is 0 Å². The Kier molecular flexibility index (Phi) is 13.1. The lowest BCUT2D eigenvalue weighted by Crippen LogP contribution is -2.47. The van der Waals surface area contributed by atoms with Crippen LogP contribution in [0.25, 0.3) is 0 Å². The van der Waals surface area contributed by atoms with E-state index in [0.717, 1.165) is 49.3 Å². The maximum Gasteiger partial charge on any atom is 0.242 e. The summed E-state index contributed by atoms with van der Waals surface area (Å²) in [4.78, 5) is 33.7. The molecule has 204 valence electrons. The lowest BCUT2D eigenvalue weighted by atomic mass is 10.1. The SMILES string of the molecule is CCCCCCCCC(=O)N(CCN1CCOCC1)CC(=O)N(Cc1ccc(F)cc1)Cc1cccs1. The number of amides is 2. The molecular formula is C29H42FN3O3S. The highest BCUT2D eigenvalue weighted by Crippen LogP contribution is 2.16. The molecule has 0 spiro atoms. The molecule has 0 saturated carbocycles. The Balaban J connectivity index is 1.64. The van der Waals surface area contributed by atoms with Gasteiger partial charge < -0.3 is 14.5 Å². The second-order valence-electron chi connectivity index (χ2n) is 9.74. The lowest BCUT2D eigenvalue weighted by Gasteiger charge is -2.31. The van der Waals surface area contributed by atoms with Gasteiger partial charge in [0.05, 0.1) is 26.3 Å². The van der Waals surface area contributed by atoms with Crippen molar-refractivity contribution in [1.29, 1.82) is 0 Å². The average Bonchev–Trinajstić information content (AvgIpc) is 3.43. The second kappa shape index (κ2) is 16.5. The molecular weight excluding hydrogens is 489 g/mol. The van der Waals surface area contributed by atoms with Crippen molar-refractivity contribution in [3.05, 3.63) is 58.0 Å². The number of nitrogens with zero attached hydrogens (tertiary/aromatic N) is 3. The van der Waals surface area contributed by atoms with Crippen LogP contribution in [-0.4, -0.2) is 72.5 Å². The lowest BCUT2D eigenvalue weighted by molar-refractivity contribution is -0.141. The van der Waals surface area contributed by atoms with Gasteiger partial charge in [0.2, 0.25) is 11.8 Å². The van der Waals surface area contributed by atoms with Gasteiger partial charge in [0, 0.05) is 44.0 Å². The van der Waals surface area contributed by atoms with Crippen molar-refractivity contribution in [2.45, 2.75) is 65.0 Å². The molecule has 1 aliphatic rings. The zero-order chi connectivity index (χ0) is 26.3. The maximum atomic E-state index is 13.6. The standard InChI is InChI=1S/C29H42FN3O3S/c1-2-3-4-5-6-7-10-28(34)32(16-15-31-17-19-36-20-18-31)24-29(35)33(23-27-9-8-21-37-27)22-25-11-13-26(30)14-12-25/h8-9,11-14,21H,2-7,10,15-20,22-24H2,1H3. The van der Waals surface area contributed by atoms with Crippen molar-refractivity contribution < 1.29 is 18.7 Å². The van der Waals surface area contributed by atoms with E-state index in [9.17, 15) is 14.0 Å². The molecule has 1 aromatic carbocycles. The van der Waals surface area contributed by atoms with Gasteiger partial charge in [0.1, 0.15) is 5.82 Å². The fraction of sp³-hybridized carbons (Fsp3) is 0.586. The first-order chi connectivity index (χ1) is 18.0. The van der Waals surface area contributed by atoms with Gasteiger partial charge in [-0.25, -0.2) is 4.39 Å². The van der Waals surface area contributed by atoms with Crippen molar-refractivity contribution in [3.63, 3.8) is 0 Å². The number of benzene rings is 1. The summed E-state index contributed by atoms with van der Waals surface area (Å²) in [6.07, 6.45) is 7.19. The van der Waals surface area contributed by atoms with E-state index < -0.39 is 0 Å². The van der Waals surface area contributed by atoms with Gasteiger partial charge in [-0.3, -0.25) is 14.5 Å². The van der Waals surface area contributed by atoms with Gasteiger partial charge in [-0.2, -0.15) is 0 Å². The summed E-state index contributed by atoms with van der Waals surface area (Å²) in [5.41, 5.74) is 0.865. The number of morpholine rings is 1. The minimum atomic E-state index is -0.297. The zero-order valence-electron chi connectivity index (χ0n) is 22.2. The molecule has 0 atom stereocenters. The molecule has 8 heteroatoms. The van der Waals surface area contributed by atoms with Crippen LogP contribution in [0.15, 0.2) is 41.8 Å². The van der Waals surface area contributed by atoms with E-state index >= 15 is 0 Å². The van der Waals surface area contributed by atoms with Crippen molar-refractivity contribution in [2.75, 3.05) is 45.9 Å². The Morgan fingerprint density at radius 2 is 1.68 bits per heavy atom. The molecule has 0 radical (unpaired) electrons. The first-order valence-corrected chi connectivity index (χ1v) is 14.6. The number of hydrogen-bond acceptors (Lipinski definition) is 5. The number of unbranched alkanes of at least 4 members (excludes halogenated alkanes) is 5. The van der Waals surface area contributed by atoms with Crippen LogP contribution >= 0.6 is 11.3 Å². The van der Waals surface area contributed by atoms with Crippen LogP contribution in [0.1, 0.15) is 62.3 Å². The molecule has 1 saturated heterocycles. The van der Waals surface area contributed by atoms with Crippen molar-refractivity contribution >= 4 is 23.2 Å². The maximum absolute atomic E-state index is 13.6. The third kappa shape index (κ3) is 10.9. The monoisotopic (exact) mass is 531 g/mol. The molecule has 37 heavy (non-hydrogen) atoms. The third-order valence-corrected chi connectivity index (χ3v) is 7.64. The van der Waals surface area contributed by atoms with E-state index in [1.807, 2.05) is 17.5 Å². The number of thiophene rings is 1. The normalized spacial score (nSPS) is 14.0. The summed E-state index contributed by atoms with van der Waals surface area (Å²) >= 11 is 1.60. The van der Waals surface area contributed by atoms with Crippen LogP contribution in [0.3, 0.4) is 0 Å². The van der Waals surface area contributed by atoms with Crippen LogP contribution in [-0.2, 0) is 27.4 Å². The molecule has 2 heterocycles. The van der Waals surface area contributed by atoms with E-state index in [1.54, 1.807) is 33.3 Å². The Morgan fingerprint density at radius 3 is 2.38 bits per heavy atom. The molecule has 0 N–H and O–H groups in total. The van der Waals surface area contributed by atoms with Crippen LogP contribution in [0.4, 0.5) is 4.39 Å². The molecule has 1 fully saturated rings. The molecule has 2 aromatic rings. The first kappa shape index (κ1) is 29.3. The van der Waals surface area contributed by atoms with E-state index in [4.69, 9.17) is 4.74 Å². The highest BCUT2D eigenvalue weighted by atomic mass is 32.1. The highest BCUT2D eigenvalue weighted by Gasteiger charge is 2.23. The number of halogens is 1. The van der Waals surface area contributed by atoms with E-state index in [-0.39, 0.29) is 24.2 Å². The molecule has 1 aliphatic heterocycles. The number of ether oxygens (including phenoxy) is 1. The average molecular weight is 532 g/mol. The molecule has 0 aliphatic carbocycles. The van der Waals surface area contributed by atoms with Gasteiger partial charge in [0.25, 0.3) is 0 Å². The van der Waals surface area contributed by atoms with Crippen LogP contribution in [0.2, 0.25) is 0 Å². The van der Waals surface area contributed by atoms with E-state index in [0.29, 0.717) is 39.3 Å². The second-order valence-corrected chi connectivity index (χ2v) is 10.8. The van der Waals surface area contributed by atoms with E-state index in [2.05, 4.69) is 11.8 Å². The van der Waals surface area contributed by atoms with Crippen molar-refractivity contribution in [1.82, 2.24) is 14.7 Å². The zero-order valence-corrected chi connectivity index (χ0v) is 23.0. The minimum Gasteiger partial charge on any atom is -0.379 e. The van der Waals surface area contributed by atoms with Crippen LogP contribution in [0, 0.1) is 5.82 Å². The molecule has 1 aromatic heterocycles. The third-order valence-electron chi connectivity index (χ3n) is 6.78. The number of hydrogen-bond donors (Lipinski definition) is 0. The Morgan fingerprint density at radius 1 is 0.946 bits per heavy atom. The molecule has 3 rings (SSSR count). The summed E-state index contributed by atoms with van der Waals surface area (Å²) < 4.78 is 18.9.